The van der Waals surface area contributed by atoms with Crippen LogP contribution >= 0.6 is 0 Å². The molecule has 0 bridgehead atoms. The maximum atomic E-state index is 11.0. The zero-order chi connectivity index (χ0) is 10.4. The lowest BCUT2D eigenvalue weighted by molar-refractivity contribution is 0.131. The first-order chi connectivity index (χ1) is 6.74. The number of aryl methyl sites for hydroxylation is 1. The van der Waals surface area contributed by atoms with Gasteiger partial charge in [-0.2, -0.15) is 0 Å². The van der Waals surface area contributed by atoms with E-state index >= 15 is 0 Å². The molecule has 5 heteroatoms. The minimum atomic E-state index is -0.610. The van der Waals surface area contributed by atoms with Gasteiger partial charge in [-0.05, 0) is 18.6 Å². The van der Waals surface area contributed by atoms with Crippen LogP contribution in [0, 0.1) is 6.92 Å². The summed E-state index contributed by atoms with van der Waals surface area (Å²) in [7, 11) is 0. The third-order valence-electron chi connectivity index (χ3n) is 1.55. The molecule has 2 N–H and O–H groups in total. The molecule has 1 heterocycles. The molecule has 0 spiro atoms. The van der Waals surface area contributed by atoms with Crippen molar-refractivity contribution in [3.63, 3.8) is 0 Å². The summed E-state index contributed by atoms with van der Waals surface area (Å²) in [6.07, 6.45) is 0.968. The zero-order valence-corrected chi connectivity index (χ0v) is 7.86. The van der Waals surface area contributed by atoms with E-state index in [0.717, 1.165) is 5.56 Å². The van der Waals surface area contributed by atoms with Gasteiger partial charge in [-0.15, -0.1) is 0 Å². The SMILES string of the molecule is Cc1cccnc1NC(=O)OCCO. The molecule has 0 aliphatic rings. The molecule has 1 amide bonds. The summed E-state index contributed by atoms with van der Waals surface area (Å²) < 4.78 is 4.61. The highest BCUT2D eigenvalue weighted by Gasteiger charge is 2.04. The predicted octanol–water partition coefficient (Wildman–Crippen LogP) is 0.931. The standard InChI is InChI=1S/C9H12N2O3/c1-7-3-2-4-10-8(7)11-9(13)14-6-5-12/h2-4,12H,5-6H2,1H3,(H,10,11,13). The molecule has 0 aromatic carbocycles. The number of nitrogens with zero attached hydrogens (tertiary/aromatic N) is 1. The summed E-state index contributed by atoms with van der Waals surface area (Å²) >= 11 is 0. The van der Waals surface area contributed by atoms with Gasteiger partial charge in [0.2, 0.25) is 0 Å². The van der Waals surface area contributed by atoms with Gasteiger partial charge < -0.3 is 9.84 Å². The number of hydrogen-bond acceptors (Lipinski definition) is 4. The Bertz CT molecular complexity index is 315. The summed E-state index contributed by atoms with van der Waals surface area (Å²) in [6.45, 7) is 1.63. The monoisotopic (exact) mass is 196 g/mol. The summed E-state index contributed by atoms with van der Waals surface area (Å²) in [5, 5.41) is 10.9. The van der Waals surface area contributed by atoms with Gasteiger partial charge in [-0.3, -0.25) is 5.32 Å². The first-order valence-electron chi connectivity index (χ1n) is 4.20. The van der Waals surface area contributed by atoms with Crippen molar-refractivity contribution in [2.75, 3.05) is 18.5 Å². The molecular formula is C9H12N2O3. The summed E-state index contributed by atoms with van der Waals surface area (Å²) in [5.41, 5.74) is 0.855. The predicted molar refractivity (Wildman–Crippen MR) is 51.0 cm³/mol. The first-order valence-corrected chi connectivity index (χ1v) is 4.20. The Balaban J connectivity index is 2.52. The molecule has 76 valence electrons. The van der Waals surface area contributed by atoms with Gasteiger partial charge in [0.15, 0.2) is 0 Å². The molecule has 5 nitrogen and oxygen atoms in total. The van der Waals surface area contributed by atoms with E-state index in [-0.39, 0.29) is 13.2 Å². The Hall–Kier alpha value is -1.62. The van der Waals surface area contributed by atoms with Crippen LogP contribution in [-0.2, 0) is 4.74 Å². The number of aromatic nitrogens is 1. The lowest BCUT2D eigenvalue weighted by Gasteiger charge is -2.06. The largest absolute Gasteiger partial charge is 0.447 e. The second-order valence-corrected chi connectivity index (χ2v) is 2.65. The minimum Gasteiger partial charge on any atom is -0.447 e. The summed E-state index contributed by atoms with van der Waals surface area (Å²) in [5.74, 6) is 0.468. The van der Waals surface area contributed by atoms with Gasteiger partial charge in [-0.25, -0.2) is 9.78 Å². The van der Waals surface area contributed by atoms with Crippen molar-refractivity contribution in [1.82, 2.24) is 4.98 Å². The van der Waals surface area contributed by atoms with Crippen LogP contribution in [0.3, 0.4) is 0 Å². The van der Waals surface area contributed by atoms with Gasteiger partial charge in [0.25, 0.3) is 0 Å². The van der Waals surface area contributed by atoms with Crippen molar-refractivity contribution in [2.45, 2.75) is 6.92 Å². The molecule has 0 saturated carbocycles. The molecule has 14 heavy (non-hydrogen) atoms. The van der Waals surface area contributed by atoms with Crippen molar-refractivity contribution in [3.05, 3.63) is 23.9 Å². The van der Waals surface area contributed by atoms with Crippen molar-refractivity contribution in [2.24, 2.45) is 0 Å². The third-order valence-corrected chi connectivity index (χ3v) is 1.55. The Morgan fingerprint density at radius 3 is 3.14 bits per heavy atom. The molecular weight excluding hydrogens is 184 g/mol. The van der Waals surface area contributed by atoms with Crippen LogP contribution in [0.25, 0.3) is 0 Å². The van der Waals surface area contributed by atoms with Crippen LogP contribution in [0.5, 0.6) is 0 Å². The Morgan fingerprint density at radius 2 is 2.50 bits per heavy atom. The fourth-order valence-electron chi connectivity index (χ4n) is 0.888. The van der Waals surface area contributed by atoms with E-state index < -0.39 is 6.09 Å². The summed E-state index contributed by atoms with van der Waals surface area (Å²) in [6, 6.07) is 3.61. The number of aliphatic hydroxyl groups excluding tert-OH is 1. The van der Waals surface area contributed by atoms with Crippen molar-refractivity contribution >= 4 is 11.9 Å². The number of rotatable bonds is 3. The third kappa shape index (κ3) is 3.02. The average molecular weight is 196 g/mol. The highest BCUT2D eigenvalue weighted by Crippen LogP contribution is 2.08. The van der Waals surface area contributed by atoms with E-state index in [1.54, 1.807) is 12.3 Å². The Kier molecular flexibility index (Phi) is 3.87. The lowest BCUT2D eigenvalue weighted by Crippen LogP contribution is -2.17. The van der Waals surface area contributed by atoms with Gasteiger partial charge >= 0.3 is 6.09 Å². The number of amides is 1. The Labute approximate surface area is 81.7 Å². The lowest BCUT2D eigenvalue weighted by atomic mass is 10.3. The normalized spacial score (nSPS) is 9.57. The minimum absolute atomic E-state index is 0.0162. The fraction of sp³-hybridized carbons (Fsp3) is 0.333. The van der Waals surface area contributed by atoms with E-state index in [2.05, 4.69) is 15.0 Å². The van der Waals surface area contributed by atoms with Crippen LogP contribution in [0.1, 0.15) is 5.56 Å². The topological polar surface area (TPSA) is 71.5 Å². The van der Waals surface area contributed by atoms with E-state index in [1.807, 2.05) is 13.0 Å². The number of ether oxygens (including phenoxy) is 1. The maximum absolute atomic E-state index is 11.0. The molecule has 0 radical (unpaired) electrons. The van der Waals surface area contributed by atoms with Crippen LogP contribution < -0.4 is 5.32 Å². The molecule has 0 saturated heterocycles. The van der Waals surface area contributed by atoms with Crippen LogP contribution in [0.15, 0.2) is 18.3 Å². The molecule has 0 unspecified atom stereocenters. The number of carbonyl (C=O) groups is 1. The Morgan fingerprint density at radius 1 is 1.71 bits per heavy atom. The second kappa shape index (κ2) is 5.18. The van der Waals surface area contributed by atoms with Gasteiger partial charge in [0, 0.05) is 6.20 Å². The van der Waals surface area contributed by atoms with Gasteiger partial charge in [0.05, 0.1) is 6.61 Å². The second-order valence-electron chi connectivity index (χ2n) is 2.65. The molecule has 1 rings (SSSR count). The number of aliphatic hydroxyl groups is 1. The zero-order valence-electron chi connectivity index (χ0n) is 7.86. The number of pyridine rings is 1. The smallest absolute Gasteiger partial charge is 0.412 e. The number of hydrogen-bond donors (Lipinski definition) is 2. The van der Waals surface area contributed by atoms with Crippen molar-refractivity contribution in [1.29, 1.82) is 0 Å². The van der Waals surface area contributed by atoms with E-state index in [0.29, 0.717) is 5.82 Å². The number of nitrogens with one attached hydrogen (secondary N) is 1. The average Bonchev–Trinajstić information content (AvgIpc) is 2.18. The molecule has 0 atom stereocenters. The summed E-state index contributed by atoms with van der Waals surface area (Å²) in [4.78, 5) is 15.0. The van der Waals surface area contributed by atoms with E-state index in [1.165, 1.54) is 0 Å². The van der Waals surface area contributed by atoms with E-state index in [4.69, 9.17) is 5.11 Å². The highest BCUT2D eigenvalue weighted by atomic mass is 16.6. The van der Waals surface area contributed by atoms with Gasteiger partial charge in [-0.1, -0.05) is 6.07 Å². The van der Waals surface area contributed by atoms with Crippen LogP contribution in [0.4, 0.5) is 10.6 Å². The molecule has 1 aromatic heterocycles. The first kappa shape index (κ1) is 10.5. The van der Waals surface area contributed by atoms with E-state index in [9.17, 15) is 4.79 Å². The molecule has 0 aliphatic heterocycles. The number of anilines is 1. The van der Waals surface area contributed by atoms with Crippen molar-refractivity contribution < 1.29 is 14.6 Å². The van der Waals surface area contributed by atoms with Crippen LogP contribution in [-0.4, -0.2) is 29.4 Å². The highest BCUT2D eigenvalue weighted by molar-refractivity contribution is 5.84. The van der Waals surface area contributed by atoms with Crippen molar-refractivity contribution in [3.8, 4) is 0 Å². The molecule has 0 aliphatic carbocycles. The fourth-order valence-corrected chi connectivity index (χ4v) is 0.888. The maximum Gasteiger partial charge on any atom is 0.412 e. The molecule has 1 aromatic rings. The number of carbonyl (C=O) groups excluding carboxylic acids is 1. The van der Waals surface area contributed by atoms with Crippen LogP contribution in [0.2, 0.25) is 0 Å². The molecule has 0 fully saturated rings. The quantitative estimate of drug-likeness (QED) is 0.754. The van der Waals surface area contributed by atoms with Gasteiger partial charge in [0.1, 0.15) is 12.4 Å².